The molecule has 1 aromatic heterocycles. The van der Waals surface area contributed by atoms with E-state index in [9.17, 15) is 4.39 Å². The molecule has 0 saturated heterocycles. The first-order valence-corrected chi connectivity index (χ1v) is 7.19. The summed E-state index contributed by atoms with van der Waals surface area (Å²) in [5.41, 5.74) is 8.41. The van der Waals surface area contributed by atoms with Crippen LogP contribution in [-0.4, -0.2) is 9.55 Å². The van der Waals surface area contributed by atoms with Gasteiger partial charge in [0.1, 0.15) is 11.6 Å². The lowest BCUT2D eigenvalue weighted by Crippen LogP contribution is -2.01. The molecule has 0 atom stereocenters. The number of nitrogens with two attached hydrogens (primary N) is 1. The van der Waals surface area contributed by atoms with Crippen LogP contribution in [0.5, 0.6) is 0 Å². The molecule has 0 aliphatic heterocycles. The number of aryl methyl sites for hydroxylation is 1. The summed E-state index contributed by atoms with van der Waals surface area (Å²) in [4.78, 5) is 4.55. The second-order valence-corrected chi connectivity index (χ2v) is 5.40. The Morgan fingerprint density at radius 1 is 1.24 bits per heavy atom. The fourth-order valence-corrected chi connectivity index (χ4v) is 2.63. The molecular weight excluding hydrogens is 289 g/mol. The second-order valence-electron chi connectivity index (χ2n) is 4.96. The molecule has 1 heterocycles. The Morgan fingerprint density at radius 2 is 2.05 bits per heavy atom. The zero-order valence-electron chi connectivity index (χ0n) is 11.6. The summed E-state index contributed by atoms with van der Waals surface area (Å²) in [5, 5.41) is 0.638. The van der Waals surface area contributed by atoms with E-state index in [1.165, 1.54) is 6.07 Å². The lowest BCUT2D eigenvalue weighted by molar-refractivity contribution is 0.625. The van der Waals surface area contributed by atoms with E-state index in [-0.39, 0.29) is 5.82 Å². The van der Waals surface area contributed by atoms with E-state index in [1.807, 2.05) is 16.7 Å². The molecular formula is C16H15ClFN3. The number of imidazole rings is 1. The van der Waals surface area contributed by atoms with Crippen LogP contribution in [0.15, 0.2) is 36.4 Å². The average molecular weight is 304 g/mol. The number of anilines is 1. The Kier molecular flexibility index (Phi) is 3.55. The third-order valence-electron chi connectivity index (χ3n) is 3.39. The van der Waals surface area contributed by atoms with Crippen LogP contribution < -0.4 is 5.73 Å². The maximum Gasteiger partial charge on any atom is 0.144 e. The van der Waals surface area contributed by atoms with Gasteiger partial charge in [0, 0.05) is 17.3 Å². The number of rotatable bonds is 3. The van der Waals surface area contributed by atoms with Crippen LogP contribution >= 0.6 is 11.6 Å². The third-order valence-corrected chi connectivity index (χ3v) is 3.62. The summed E-state index contributed by atoms with van der Waals surface area (Å²) in [5.74, 6) is 0.252. The topological polar surface area (TPSA) is 43.8 Å². The van der Waals surface area contributed by atoms with E-state index < -0.39 is 0 Å². The molecule has 0 fully saturated rings. The SMILES string of the molecule is CCCn1c(-c2cc(N)ccc2F)nc2ccc(Cl)cc21. The fraction of sp³-hybridized carbons (Fsp3) is 0.188. The minimum atomic E-state index is -0.331. The fourth-order valence-electron chi connectivity index (χ4n) is 2.47. The number of benzene rings is 2. The second kappa shape index (κ2) is 5.37. The predicted octanol–water partition coefficient (Wildman–Crippen LogP) is 4.49. The molecule has 0 saturated carbocycles. The van der Waals surface area contributed by atoms with Gasteiger partial charge in [0.15, 0.2) is 0 Å². The van der Waals surface area contributed by atoms with E-state index in [0.29, 0.717) is 22.1 Å². The van der Waals surface area contributed by atoms with Crippen molar-refractivity contribution in [2.75, 3.05) is 5.73 Å². The first kappa shape index (κ1) is 13.9. The van der Waals surface area contributed by atoms with Crippen LogP contribution in [0.4, 0.5) is 10.1 Å². The molecule has 2 aromatic carbocycles. The third kappa shape index (κ3) is 2.47. The molecule has 0 bridgehead atoms. The summed E-state index contributed by atoms with van der Waals surface area (Å²) < 4.78 is 16.1. The molecule has 0 spiro atoms. The average Bonchev–Trinajstić information content (AvgIpc) is 2.80. The lowest BCUT2D eigenvalue weighted by atomic mass is 10.1. The van der Waals surface area contributed by atoms with Crippen LogP contribution in [0.3, 0.4) is 0 Å². The smallest absolute Gasteiger partial charge is 0.144 e. The number of hydrogen-bond donors (Lipinski definition) is 1. The van der Waals surface area contributed by atoms with Crippen molar-refractivity contribution in [3.05, 3.63) is 47.2 Å². The van der Waals surface area contributed by atoms with Crippen molar-refractivity contribution >= 4 is 28.3 Å². The van der Waals surface area contributed by atoms with Gasteiger partial charge in [-0.15, -0.1) is 0 Å². The minimum Gasteiger partial charge on any atom is -0.399 e. The van der Waals surface area contributed by atoms with Gasteiger partial charge in [-0.1, -0.05) is 18.5 Å². The van der Waals surface area contributed by atoms with Gasteiger partial charge in [-0.3, -0.25) is 0 Å². The quantitative estimate of drug-likeness (QED) is 0.725. The monoisotopic (exact) mass is 303 g/mol. The molecule has 21 heavy (non-hydrogen) atoms. The molecule has 2 N–H and O–H groups in total. The maximum absolute atomic E-state index is 14.1. The van der Waals surface area contributed by atoms with Crippen LogP contribution in [0.1, 0.15) is 13.3 Å². The number of hydrogen-bond acceptors (Lipinski definition) is 2. The predicted molar refractivity (Wildman–Crippen MR) is 84.8 cm³/mol. The number of nitrogens with zero attached hydrogens (tertiary/aromatic N) is 2. The van der Waals surface area contributed by atoms with Crippen molar-refractivity contribution in [1.29, 1.82) is 0 Å². The Bertz CT molecular complexity index is 811. The molecule has 0 radical (unpaired) electrons. The van der Waals surface area contributed by atoms with Crippen molar-refractivity contribution in [3.8, 4) is 11.4 Å². The van der Waals surface area contributed by atoms with Crippen LogP contribution in [0, 0.1) is 5.82 Å². The van der Waals surface area contributed by atoms with E-state index in [1.54, 1.807) is 18.2 Å². The number of aromatic nitrogens is 2. The number of nitrogen functional groups attached to an aromatic ring is 1. The Balaban J connectivity index is 2.30. The molecule has 3 rings (SSSR count). The van der Waals surface area contributed by atoms with E-state index in [0.717, 1.165) is 24.0 Å². The highest BCUT2D eigenvalue weighted by molar-refractivity contribution is 6.31. The first-order valence-electron chi connectivity index (χ1n) is 6.81. The van der Waals surface area contributed by atoms with Crippen LogP contribution in [-0.2, 0) is 6.54 Å². The number of fused-ring (bicyclic) bond motifs is 1. The Labute approximate surface area is 127 Å². The normalized spacial score (nSPS) is 11.2. The van der Waals surface area contributed by atoms with Crippen LogP contribution in [0.25, 0.3) is 22.4 Å². The molecule has 5 heteroatoms. The van der Waals surface area contributed by atoms with Gasteiger partial charge in [-0.05, 0) is 42.8 Å². The highest BCUT2D eigenvalue weighted by Crippen LogP contribution is 2.29. The Morgan fingerprint density at radius 3 is 2.81 bits per heavy atom. The van der Waals surface area contributed by atoms with Crippen LogP contribution in [0.2, 0.25) is 5.02 Å². The molecule has 0 amide bonds. The van der Waals surface area contributed by atoms with Gasteiger partial charge in [0.2, 0.25) is 0 Å². The minimum absolute atomic E-state index is 0.331. The van der Waals surface area contributed by atoms with E-state index in [2.05, 4.69) is 11.9 Å². The maximum atomic E-state index is 14.1. The number of halogens is 2. The molecule has 0 unspecified atom stereocenters. The zero-order chi connectivity index (χ0) is 15.0. The van der Waals surface area contributed by atoms with Gasteiger partial charge < -0.3 is 10.3 Å². The molecule has 3 aromatic rings. The first-order chi connectivity index (χ1) is 10.1. The largest absolute Gasteiger partial charge is 0.399 e. The summed E-state index contributed by atoms with van der Waals surface area (Å²) in [7, 11) is 0. The molecule has 108 valence electrons. The van der Waals surface area contributed by atoms with Gasteiger partial charge in [-0.2, -0.15) is 0 Å². The van der Waals surface area contributed by atoms with Gasteiger partial charge in [0.25, 0.3) is 0 Å². The molecule has 3 nitrogen and oxygen atoms in total. The van der Waals surface area contributed by atoms with Crippen molar-refractivity contribution in [1.82, 2.24) is 9.55 Å². The summed E-state index contributed by atoms with van der Waals surface area (Å²) >= 11 is 6.07. The molecule has 0 aliphatic rings. The summed E-state index contributed by atoms with van der Waals surface area (Å²) in [6.07, 6.45) is 0.912. The standard InChI is InChI=1S/C16H15ClFN3/c1-2-7-21-15-8-10(17)3-6-14(15)20-16(21)12-9-11(19)4-5-13(12)18/h3-6,8-9H,2,7,19H2,1H3. The van der Waals surface area contributed by atoms with E-state index >= 15 is 0 Å². The molecule has 0 aliphatic carbocycles. The zero-order valence-corrected chi connectivity index (χ0v) is 12.4. The van der Waals surface area contributed by atoms with Crippen molar-refractivity contribution in [3.63, 3.8) is 0 Å². The lowest BCUT2D eigenvalue weighted by Gasteiger charge is -2.09. The van der Waals surface area contributed by atoms with Crippen molar-refractivity contribution in [2.45, 2.75) is 19.9 Å². The van der Waals surface area contributed by atoms with Gasteiger partial charge in [0.05, 0.1) is 16.6 Å². The Hall–Kier alpha value is -2.07. The highest BCUT2D eigenvalue weighted by Gasteiger charge is 2.16. The van der Waals surface area contributed by atoms with Gasteiger partial charge in [-0.25, -0.2) is 9.37 Å². The van der Waals surface area contributed by atoms with Gasteiger partial charge >= 0.3 is 0 Å². The highest BCUT2D eigenvalue weighted by atomic mass is 35.5. The van der Waals surface area contributed by atoms with Crippen molar-refractivity contribution < 1.29 is 4.39 Å². The summed E-state index contributed by atoms with van der Waals surface area (Å²) in [6.45, 7) is 2.80. The van der Waals surface area contributed by atoms with Crippen molar-refractivity contribution in [2.24, 2.45) is 0 Å². The van der Waals surface area contributed by atoms with E-state index in [4.69, 9.17) is 17.3 Å². The summed E-state index contributed by atoms with van der Waals surface area (Å²) in [6, 6.07) is 10.0.